The van der Waals surface area contributed by atoms with Gasteiger partial charge in [-0.2, -0.15) is 0 Å². The second-order valence-electron chi connectivity index (χ2n) is 5.88. The first kappa shape index (κ1) is 17.3. The van der Waals surface area contributed by atoms with E-state index in [0.29, 0.717) is 13.1 Å². The molecule has 1 fully saturated rings. The molecule has 2 atom stereocenters. The molecule has 1 N–H and O–H groups in total. The number of ether oxygens (including phenoxy) is 1. The van der Waals surface area contributed by atoms with Crippen LogP contribution in [0.1, 0.15) is 25.5 Å². The van der Waals surface area contributed by atoms with Crippen LogP contribution in [0.15, 0.2) is 24.3 Å². The van der Waals surface area contributed by atoms with Gasteiger partial charge in [-0.25, -0.2) is 4.39 Å². The zero-order chi connectivity index (χ0) is 15.9. The van der Waals surface area contributed by atoms with Crippen LogP contribution < -0.4 is 0 Å². The Morgan fingerprint density at radius 2 is 1.91 bits per heavy atom. The Labute approximate surface area is 132 Å². The smallest absolute Gasteiger partial charge is 0.123 e. The fourth-order valence-electron chi connectivity index (χ4n) is 2.92. The molecule has 1 aromatic carbocycles. The maximum atomic E-state index is 13.0. The first-order chi connectivity index (χ1) is 10.6. The van der Waals surface area contributed by atoms with Crippen molar-refractivity contribution in [1.82, 2.24) is 9.80 Å². The minimum Gasteiger partial charge on any atom is -0.390 e. The van der Waals surface area contributed by atoms with Crippen LogP contribution >= 0.6 is 0 Å². The third kappa shape index (κ3) is 5.02. The molecule has 0 bridgehead atoms. The third-order valence-electron chi connectivity index (χ3n) is 4.32. The lowest BCUT2D eigenvalue weighted by atomic mass is 10.1. The summed E-state index contributed by atoms with van der Waals surface area (Å²) < 4.78 is 18.4. The molecular formula is C17H27FN2O2. The Hall–Kier alpha value is -1.01. The Bertz CT molecular complexity index is 435. The molecule has 1 aliphatic rings. The molecule has 0 aliphatic carbocycles. The maximum Gasteiger partial charge on any atom is 0.123 e. The second kappa shape index (κ2) is 8.58. The lowest BCUT2D eigenvalue weighted by Gasteiger charge is -2.33. The molecule has 1 saturated heterocycles. The van der Waals surface area contributed by atoms with E-state index >= 15 is 0 Å². The normalized spacial score (nSPS) is 19.3. The molecule has 0 saturated carbocycles. The molecule has 5 heteroatoms. The number of aliphatic hydroxyl groups excluding tert-OH is 1. The van der Waals surface area contributed by atoms with Crippen LogP contribution in [-0.2, 0) is 4.74 Å². The number of benzene rings is 1. The molecule has 1 aliphatic heterocycles. The molecule has 4 nitrogen and oxygen atoms in total. The van der Waals surface area contributed by atoms with Crippen molar-refractivity contribution in [3.8, 4) is 0 Å². The van der Waals surface area contributed by atoms with Crippen LogP contribution in [0.3, 0.4) is 0 Å². The molecule has 0 aromatic heterocycles. The van der Waals surface area contributed by atoms with Crippen molar-refractivity contribution < 1.29 is 14.2 Å². The minimum atomic E-state index is -0.388. The Morgan fingerprint density at radius 1 is 1.27 bits per heavy atom. The first-order valence-electron chi connectivity index (χ1n) is 8.07. The summed E-state index contributed by atoms with van der Waals surface area (Å²) in [4.78, 5) is 4.46. The number of halogens is 1. The highest BCUT2D eigenvalue weighted by Crippen LogP contribution is 2.20. The van der Waals surface area contributed by atoms with Gasteiger partial charge in [0, 0.05) is 32.2 Å². The fourth-order valence-corrected chi connectivity index (χ4v) is 2.92. The summed E-state index contributed by atoms with van der Waals surface area (Å²) >= 11 is 0. The molecule has 22 heavy (non-hydrogen) atoms. The summed E-state index contributed by atoms with van der Waals surface area (Å²) in [6, 6.07) is 6.77. The number of hydrogen-bond donors (Lipinski definition) is 1. The van der Waals surface area contributed by atoms with E-state index in [4.69, 9.17) is 4.74 Å². The topological polar surface area (TPSA) is 35.9 Å². The fraction of sp³-hybridized carbons (Fsp3) is 0.647. The van der Waals surface area contributed by atoms with E-state index in [1.807, 2.05) is 12.1 Å². The molecule has 1 aromatic rings. The van der Waals surface area contributed by atoms with E-state index in [1.165, 1.54) is 12.1 Å². The molecule has 2 unspecified atom stereocenters. The van der Waals surface area contributed by atoms with Gasteiger partial charge in [-0.3, -0.25) is 9.80 Å². The van der Waals surface area contributed by atoms with Crippen molar-refractivity contribution in [2.75, 3.05) is 45.9 Å². The predicted octanol–water partition coefficient (Wildman–Crippen LogP) is 1.90. The van der Waals surface area contributed by atoms with Crippen LogP contribution in [0.5, 0.6) is 0 Å². The summed E-state index contributed by atoms with van der Waals surface area (Å²) in [7, 11) is 0. The second-order valence-corrected chi connectivity index (χ2v) is 5.88. The minimum absolute atomic E-state index is 0.157. The lowest BCUT2D eigenvalue weighted by molar-refractivity contribution is 0.00413. The summed E-state index contributed by atoms with van der Waals surface area (Å²) in [5.41, 5.74) is 1.07. The average molecular weight is 310 g/mol. The summed E-state index contributed by atoms with van der Waals surface area (Å²) in [6.07, 6.45) is -0.388. The number of likely N-dealkylation sites (N-methyl/N-ethyl adjacent to an activating group) is 1. The SMILES string of the molecule is CCN(CC(O)CN1CCOCC1)C(C)c1ccc(F)cc1. The van der Waals surface area contributed by atoms with Crippen molar-refractivity contribution in [3.05, 3.63) is 35.6 Å². The zero-order valence-corrected chi connectivity index (χ0v) is 13.5. The molecule has 2 rings (SSSR count). The molecule has 1 heterocycles. The highest BCUT2D eigenvalue weighted by Gasteiger charge is 2.20. The molecule has 0 radical (unpaired) electrons. The summed E-state index contributed by atoms with van der Waals surface area (Å²) in [5.74, 6) is -0.216. The highest BCUT2D eigenvalue weighted by molar-refractivity contribution is 5.19. The van der Waals surface area contributed by atoms with Crippen LogP contribution in [0.4, 0.5) is 4.39 Å². The van der Waals surface area contributed by atoms with Gasteiger partial charge in [0.2, 0.25) is 0 Å². The lowest BCUT2D eigenvalue weighted by Crippen LogP contribution is -2.45. The van der Waals surface area contributed by atoms with Gasteiger partial charge < -0.3 is 9.84 Å². The zero-order valence-electron chi connectivity index (χ0n) is 13.5. The van der Waals surface area contributed by atoms with E-state index in [1.54, 1.807) is 0 Å². The van der Waals surface area contributed by atoms with Gasteiger partial charge in [-0.05, 0) is 31.2 Å². The van der Waals surface area contributed by atoms with E-state index in [0.717, 1.165) is 38.4 Å². The van der Waals surface area contributed by atoms with Crippen LogP contribution in [-0.4, -0.2) is 66.9 Å². The Morgan fingerprint density at radius 3 is 2.50 bits per heavy atom. The van der Waals surface area contributed by atoms with Gasteiger partial charge in [-0.15, -0.1) is 0 Å². The predicted molar refractivity (Wildman–Crippen MR) is 85.3 cm³/mol. The maximum absolute atomic E-state index is 13.0. The van der Waals surface area contributed by atoms with E-state index in [9.17, 15) is 9.50 Å². The van der Waals surface area contributed by atoms with Gasteiger partial charge in [0.05, 0.1) is 19.3 Å². The monoisotopic (exact) mass is 310 g/mol. The van der Waals surface area contributed by atoms with Crippen molar-refractivity contribution in [2.24, 2.45) is 0 Å². The van der Waals surface area contributed by atoms with Gasteiger partial charge >= 0.3 is 0 Å². The number of rotatable bonds is 7. The first-order valence-corrected chi connectivity index (χ1v) is 8.07. The number of hydrogen-bond acceptors (Lipinski definition) is 4. The average Bonchev–Trinajstić information content (AvgIpc) is 2.53. The Kier molecular flexibility index (Phi) is 6.76. The third-order valence-corrected chi connectivity index (χ3v) is 4.32. The van der Waals surface area contributed by atoms with E-state index < -0.39 is 0 Å². The standard InChI is InChI=1S/C17H27FN2O2/c1-3-20(14(2)15-4-6-16(18)7-5-15)13-17(21)12-19-8-10-22-11-9-19/h4-7,14,17,21H,3,8-13H2,1-2H3. The molecule has 0 amide bonds. The largest absolute Gasteiger partial charge is 0.390 e. The number of β-amino-alcohol motifs (C(OH)–C–C–N with tert-alkyl or cyclic N) is 1. The van der Waals surface area contributed by atoms with Crippen molar-refractivity contribution in [2.45, 2.75) is 26.0 Å². The van der Waals surface area contributed by atoms with E-state index in [2.05, 4.69) is 23.6 Å². The van der Waals surface area contributed by atoms with Crippen molar-refractivity contribution in [3.63, 3.8) is 0 Å². The number of morpholine rings is 1. The van der Waals surface area contributed by atoms with Gasteiger partial charge in [0.15, 0.2) is 0 Å². The van der Waals surface area contributed by atoms with Crippen molar-refractivity contribution in [1.29, 1.82) is 0 Å². The van der Waals surface area contributed by atoms with E-state index in [-0.39, 0.29) is 18.0 Å². The van der Waals surface area contributed by atoms with Crippen LogP contribution in [0.25, 0.3) is 0 Å². The van der Waals surface area contributed by atoms with Gasteiger partial charge in [-0.1, -0.05) is 19.1 Å². The summed E-state index contributed by atoms with van der Waals surface area (Å²) in [5, 5.41) is 10.4. The van der Waals surface area contributed by atoms with Crippen molar-refractivity contribution >= 4 is 0 Å². The Balaban J connectivity index is 1.88. The van der Waals surface area contributed by atoms with Crippen LogP contribution in [0.2, 0.25) is 0 Å². The molecule has 0 spiro atoms. The van der Waals surface area contributed by atoms with Gasteiger partial charge in [0.25, 0.3) is 0 Å². The highest BCUT2D eigenvalue weighted by atomic mass is 19.1. The number of aliphatic hydroxyl groups is 1. The number of nitrogens with zero attached hydrogens (tertiary/aromatic N) is 2. The van der Waals surface area contributed by atoms with Gasteiger partial charge in [0.1, 0.15) is 5.82 Å². The summed E-state index contributed by atoms with van der Waals surface area (Å²) in [6.45, 7) is 9.58. The molecular weight excluding hydrogens is 283 g/mol. The molecule has 124 valence electrons. The quantitative estimate of drug-likeness (QED) is 0.834. The van der Waals surface area contributed by atoms with Crippen LogP contribution in [0, 0.1) is 5.82 Å².